The van der Waals surface area contributed by atoms with E-state index in [9.17, 15) is 4.57 Å². The first kappa shape index (κ1) is 20.0. The number of phosphoric acid groups is 1. The molecule has 0 aromatic carbocycles. The molecule has 20 heavy (non-hydrogen) atoms. The van der Waals surface area contributed by atoms with Crippen molar-refractivity contribution in [3.05, 3.63) is 0 Å². The highest BCUT2D eigenvalue weighted by Gasteiger charge is 2.34. The summed E-state index contributed by atoms with van der Waals surface area (Å²) in [5.74, 6) is 0. The molecule has 0 aliphatic heterocycles. The summed E-state index contributed by atoms with van der Waals surface area (Å²) in [5, 5.41) is 0. The standard InChI is InChI=1S/C12H27O7P/c1-7-14-10(4)17-20(13,18-11(5)15-8-2)19-12(6)16-9-3/h10-12H,7-9H2,1-6H3. The Bertz CT molecular complexity index is 244. The van der Waals surface area contributed by atoms with Crippen LogP contribution in [0.4, 0.5) is 0 Å². The van der Waals surface area contributed by atoms with Crippen LogP contribution in [0.1, 0.15) is 41.5 Å². The van der Waals surface area contributed by atoms with Crippen LogP contribution in [-0.4, -0.2) is 38.7 Å². The second kappa shape index (κ2) is 10.7. The monoisotopic (exact) mass is 314 g/mol. The summed E-state index contributed by atoms with van der Waals surface area (Å²) in [6, 6.07) is 0. The molecule has 7 nitrogen and oxygen atoms in total. The van der Waals surface area contributed by atoms with Crippen molar-refractivity contribution in [2.24, 2.45) is 0 Å². The third-order valence-electron chi connectivity index (χ3n) is 2.04. The lowest BCUT2D eigenvalue weighted by molar-refractivity contribution is -0.144. The van der Waals surface area contributed by atoms with E-state index in [0.29, 0.717) is 19.8 Å². The zero-order valence-electron chi connectivity index (χ0n) is 13.2. The first-order valence-electron chi connectivity index (χ1n) is 6.86. The highest BCUT2D eigenvalue weighted by Crippen LogP contribution is 2.53. The molecule has 0 N–H and O–H groups in total. The van der Waals surface area contributed by atoms with Gasteiger partial charge < -0.3 is 14.2 Å². The minimum absolute atomic E-state index is 0.420. The first-order chi connectivity index (χ1) is 9.36. The maximum absolute atomic E-state index is 12.6. The van der Waals surface area contributed by atoms with E-state index in [0.717, 1.165) is 0 Å². The van der Waals surface area contributed by atoms with Gasteiger partial charge in [-0.2, -0.15) is 0 Å². The van der Waals surface area contributed by atoms with Crippen LogP contribution in [0.25, 0.3) is 0 Å². The predicted molar refractivity (Wildman–Crippen MR) is 74.1 cm³/mol. The first-order valence-corrected chi connectivity index (χ1v) is 8.32. The molecule has 122 valence electrons. The SMILES string of the molecule is CCOC(C)OP(=O)(OC(C)OCC)OC(C)OCC. The van der Waals surface area contributed by atoms with E-state index in [4.69, 9.17) is 27.8 Å². The number of hydrogen-bond acceptors (Lipinski definition) is 7. The van der Waals surface area contributed by atoms with E-state index in [1.54, 1.807) is 41.5 Å². The van der Waals surface area contributed by atoms with Crippen LogP contribution in [0, 0.1) is 0 Å². The van der Waals surface area contributed by atoms with Crippen LogP contribution < -0.4 is 0 Å². The summed E-state index contributed by atoms with van der Waals surface area (Å²) in [5.41, 5.74) is 0. The van der Waals surface area contributed by atoms with Gasteiger partial charge in [-0.3, -0.25) is 13.6 Å². The molecule has 0 aliphatic carbocycles. The Morgan fingerprint density at radius 3 is 1.15 bits per heavy atom. The van der Waals surface area contributed by atoms with Crippen molar-refractivity contribution < 1.29 is 32.3 Å². The van der Waals surface area contributed by atoms with Gasteiger partial charge in [0.1, 0.15) is 0 Å². The maximum Gasteiger partial charge on any atom is 0.481 e. The van der Waals surface area contributed by atoms with Gasteiger partial charge in [-0.1, -0.05) is 0 Å². The van der Waals surface area contributed by atoms with Gasteiger partial charge in [-0.05, 0) is 41.5 Å². The predicted octanol–water partition coefficient (Wildman–Crippen LogP) is 3.29. The lowest BCUT2D eigenvalue weighted by atomic mass is 10.7. The summed E-state index contributed by atoms with van der Waals surface area (Å²) < 4.78 is 43.8. The highest BCUT2D eigenvalue weighted by molar-refractivity contribution is 7.48. The molecule has 0 aliphatic rings. The minimum atomic E-state index is -3.85. The van der Waals surface area contributed by atoms with Crippen molar-refractivity contribution in [2.45, 2.75) is 60.4 Å². The zero-order valence-corrected chi connectivity index (χ0v) is 14.1. The second-order valence-corrected chi connectivity index (χ2v) is 5.36. The Morgan fingerprint density at radius 1 is 0.700 bits per heavy atom. The van der Waals surface area contributed by atoms with Gasteiger partial charge in [-0.25, -0.2) is 4.57 Å². The lowest BCUT2D eigenvalue weighted by Gasteiger charge is -2.26. The molecule has 0 bridgehead atoms. The van der Waals surface area contributed by atoms with Crippen LogP contribution in [0.3, 0.4) is 0 Å². The van der Waals surface area contributed by atoms with Gasteiger partial charge in [0.2, 0.25) is 0 Å². The molecule has 0 heterocycles. The molecule has 0 radical (unpaired) electrons. The van der Waals surface area contributed by atoms with E-state index < -0.39 is 26.7 Å². The minimum Gasteiger partial charge on any atom is -0.353 e. The fourth-order valence-electron chi connectivity index (χ4n) is 1.42. The van der Waals surface area contributed by atoms with Crippen molar-refractivity contribution in [3.8, 4) is 0 Å². The molecule has 0 aromatic heterocycles. The Kier molecular flexibility index (Phi) is 10.7. The van der Waals surface area contributed by atoms with E-state index in [2.05, 4.69) is 0 Å². The molecule has 0 fully saturated rings. The number of hydrogen-bond donors (Lipinski definition) is 0. The van der Waals surface area contributed by atoms with E-state index >= 15 is 0 Å². The topological polar surface area (TPSA) is 72.5 Å². The molecule has 0 saturated carbocycles. The Hall–Kier alpha value is -0.0100. The maximum atomic E-state index is 12.6. The number of phosphoric ester groups is 1. The van der Waals surface area contributed by atoms with Gasteiger partial charge in [0, 0.05) is 19.8 Å². The Labute approximate surface area is 121 Å². The van der Waals surface area contributed by atoms with E-state index in [-0.39, 0.29) is 0 Å². The van der Waals surface area contributed by atoms with Gasteiger partial charge in [0.15, 0.2) is 18.9 Å². The Balaban J connectivity index is 4.69. The quantitative estimate of drug-likeness (QED) is 0.404. The molecule has 0 saturated heterocycles. The fraction of sp³-hybridized carbons (Fsp3) is 1.00. The third kappa shape index (κ3) is 9.02. The van der Waals surface area contributed by atoms with Crippen molar-refractivity contribution in [1.82, 2.24) is 0 Å². The molecule has 3 atom stereocenters. The largest absolute Gasteiger partial charge is 0.481 e. The normalized spacial score (nSPS) is 19.3. The highest BCUT2D eigenvalue weighted by atomic mass is 31.2. The molecule has 8 heteroatoms. The van der Waals surface area contributed by atoms with Crippen molar-refractivity contribution in [2.75, 3.05) is 19.8 Å². The molecule has 3 unspecified atom stereocenters. The van der Waals surface area contributed by atoms with Crippen LogP contribution >= 0.6 is 7.82 Å². The number of rotatable bonds is 12. The lowest BCUT2D eigenvalue weighted by Crippen LogP contribution is -2.21. The summed E-state index contributed by atoms with van der Waals surface area (Å²) >= 11 is 0. The molecular formula is C12H27O7P. The van der Waals surface area contributed by atoms with Crippen molar-refractivity contribution >= 4 is 7.82 Å². The Morgan fingerprint density at radius 2 is 0.950 bits per heavy atom. The van der Waals surface area contributed by atoms with Crippen molar-refractivity contribution in [3.63, 3.8) is 0 Å². The molecule has 0 rings (SSSR count). The van der Waals surface area contributed by atoms with Crippen LogP contribution in [0.2, 0.25) is 0 Å². The molecular weight excluding hydrogens is 287 g/mol. The average Bonchev–Trinajstić information content (AvgIpc) is 2.28. The molecule has 0 aromatic rings. The summed E-state index contributed by atoms with van der Waals surface area (Å²) in [7, 11) is -3.85. The van der Waals surface area contributed by atoms with E-state index in [1.807, 2.05) is 0 Å². The fourth-order valence-corrected chi connectivity index (χ4v) is 2.84. The van der Waals surface area contributed by atoms with E-state index in [1.165, 1.54) is 0 Å². The van der Waals surface area contributed by atoms with Gasteiger partial charge in [-0.15, -0.1) is 0 Å². The van der Waals surface area contributed by atoms with Crippen LogP contribution in [0.5, 0.6) is 0 Å². The van der Waals surface area contributed by atoms with Crippen LogP contribution in [-0.2, 0) is 32.3 Å². The van der Waals surface area contributed by atoms with Crippen LogP contribution in [0.15, 0.2) is 0 Å². The second-order valence-electron chi connectivity index (χ2n) is 3.83. The van der Waals surface area contributed by atoms with Gasteiger partial charge in [0.05, 0.1) is 0 Å². The molecule has 0 spiro atoms. The van der Waals surface area contributed by atoms with Gasteiger partial charge in [0.25, 0.3) is 0 Å². The molecule has 0 amide bonds. The third-order valence-corrected chi connectivity index (χ3v) is 3.70. The zero-order chi connectivity index (χ0) is 15.6. The van der Waals surface area contributed by atoms with Gasteiger partial charge >= 0.3 is 7.82 Å². The summed E-state index contributed by atoms with van der Waals surface area (Å²) in [6.45, 7) is 11.5. The summed E-state index contributed by atoms with van der Waals surface area (Å²) in [4.78, 5) is 0. The smallest absolute Gasteiger partial charge is 0.353 e. The van der Waals surface area contributed by atoms with Crippen molar-refractivity contribution in [1.29, 1.82) is 0 Å². The average molecular weight is 314 g/mol. The number of ether oxygens (including phenoxy) is 3. The summed E-state index contributed by atoms with van der Waals surface area (Å²) in [6.07, 6.45) is -2.18.